The smallest absolute Gasteiger partial charge is 0.336 e. The third-order valence-corrected chi connectivity index (χ3v) is 4.60. The lowest BCUT2D eigenvalue weighted by atomic mass is 9.93. The van der Waals surface area contributed by atoms with Crippen molar-refractivity contribution in [1.29, 1.82) is 0 Å². The highest BCUT2D eigenvalue weighted by atomic mass is 16.6. The van der Waals surface area contributed by atoms with E-state index in [0.717, 1.165) is 5.56 Å². The summed E-state index contributed by atoms with van der Waals surface area (Å²) in [4.78, 5) is 25.2. The van der Waals surface area contributed by atoms with Gasteiger partial charge in [0.25, 0.3) is 0 Å². The zero-order chi connectivity index (χ0) is 24.6. The summed E-state index contributed by atoms with van der Waals surface area (Å²) in [5, 5.41) is 10.6. The first-order chi connectivity index (χ1) is 15.5. The van der Waals surface area contributed by atoms with Crippen molar-refractivity contribution in [1.82, 2.24) is 0 Å². The number of hydrogen-bond donors (Lipinski definition) is 1. The van der Waals surface area contributed by atoms with Gasteiger partial charge in [-0.2, -0.15) is 0 Å². The minimum absolute atomic E-state index is 0.0542. The van der Waals surface area contributed by atoms with Crippen LogP contribution in [0, 0.1) is 5.92 Å². The average Bonchev–Trinajstić information content (AvgIpc) is 2.74. The maximum absolute atomic E-state index is 12.8. The second kappa shape index (κ2) is 11.7. The highest BCUT2D eigenvalue weighted by Crippen LogP contribution is 2.31. The molecular weight excluding hydrogens is 424 g/mol. The van der Waals surface area contributed by atoms with Gasteiger partial charge in [0.05, 0.1) is 19.1 Å². The lowest BCUT2D eigenvalue weighted by molar-refractivity contribution is -0.174. The van der Waals surface area contributed by atoms with E-state index in [1.165, 1.54) is 7.11 Å². The van der Waals surface area contributed by atoms with Crippen LogP contribution in [-0.2, 0) is 32.1 Å². The van der Waals surface area contributed by atoms with Crippen molar-refractivity contribution >= 4 is 11.9 Å². The SMILES string of the molecule is COc1cc(C[C@H](C(=O)OC(C)(C)C)[C@H](O)C(=O)OC(C)C)ccc1OCc1ccccc1. The summed E-state index contributed by atoms with van der Waals surface area (Å²) in [6.45, 7) is 8.89. The minimum Gasteiger partial charge on any atom is -0.493 e. The molecule has 0 aromatic heterocycles. The van der Waals surface area contributed by atoms with Crippen LogP contribution in [0.2, 0.25) is 0 Å². The summed E-state index contributed by atoms with van der Waals surface area (Å²) in [7, 11) is 1.52. The van der Waals surface area contributed by atoms with Crippen molar-refractivity contribution in [2.45, 2.75) is 65.5 Å². The van der Waals surface area contributed by atoms with E-state index in [0.29, 0.717) is 23.7 Å². The first-order valence-corrected chi connectivity index (χ1v) is 10.9. The van der Waals surface area contributed by atoms with Gasteiger partial charge in [-0.15, -0.1) is 0 Å². The van der Waals surface area contributed by atoms with Gasteiger partial charge in [-0.3, -0.25) is 4.79 Å². The van der Waals surface area contributed by atoms with Gasteiger partial charge in [0.2, 0.25) is 0 Å². The average molecular weight is 459 g/mol. The number of aliphatic hydroxyl groups excluding tert-OH is 1. The first-order valence-electron chi connectivity index (χ1n) is 10.9. The zero-order valence-corrected chi connectivity index (χ0v) is 20.2. The van der Waals surface area contributed by atoms with Crippen LogP contribution in [0.4, 0.5) is 0 Å². The van der Waals surface area contributed by atoms with Crippen LogP contribution < -0.4 is 9.47 Å². The molecule has 0 aliphatic rings. The molecule has 33 heavy (non-hydrogen) atoms. The molecule has 0 amide bonds. The normalized spacial score (nSPS) is 13.2. The second-order valence-electron chi connectivity index (χ2n) is 9.03. The van der Waals surface area contributed by atoms with E-state index in [2.05, 4.69) is 0 Å². The molecule has 1 N–H and O–H groups in total. The molecule has 0 spiro atoms. The van der Waals surface area contributed by atoms with Crippen molar-refractivity contribution in [2.75, 3.05) is 7.11 Å². The third kappa shape index (κ3) is 8.42. The molecule has 0 heterocycles. The van der Waals surface area contributed by atoms with Crippen LogP contribution in [0.5, 0.6) is 11.5 Å². The fourth-order valence-electron chi connectivity index (χ4n) is 3.12. The molecule has 0 aliphatic carbocycles. The van der Waals surface area contributed by atoms with Gasteiger partial charge in [-0.1, -0.05) is 36.4 Å². The van der Waals surface area contributed by atoms with Crippen LogP contribution >= 0.6 is 0 Å². The van der Waals surface area contributed by atoms with Gasteiger partial charge >= 0.3 is 11.9 Å². The fraction of sp³-hybridized carbons (Fsp3) is 0.462. The predicted molar refractivity (Wildman–Crippen MR) is 124 cm³/mol. The van der Waals surface area contributed by atoms with Crippen molar-refractivity contribution in [3.8, 4) is 11.5 Å². The summed E-state index contributed by atoms with van der Waals surface area (Å²) in [6, 6.07) is 15.0. The number of benzene rings is 2. The van der Waals surface area contributed by atoms with Crippen molar-refractivity contribution in [3.05, 3.63) is 59.7 Å². The first kappa shape index (κ1) is 26.2. The second-order valence-corrected chi connectivity index (χ2v) is 9.03. The molecule has 0 fully saturated rings. The Kier molecular flexibility index (Phi) is 9.29. The van der Waals surface area contributed by atoms with E-state index in [1.807, 2.05) is 30.3 Å². The molecule has 7 heteroatoms. The Bertz CT molecular complexity index is 916. The van der Waals surface area contributed by atoms with Crippen molar-refractivity contribution < 1.29 is 33.6 Å². The number of carbonyl (C=O) groups excluding carboxylic acids is 2. The molecule has 2 rings (SSSR count). The van der Waals surface area contributed by atoms with Gasteiger partial charge in [-0.05, 0) is 64.3 Å². The van der Waals surface area contributed by atoms with Crippen LogP contribution in [0.25, 0.3) is 0 Å². The van der Waals surface area contributed by atoms with E-state index in [4.69, 9.17) is 18.9 Å². The van der Waals surface area contributed by atoms with Gasteiger partial charge in [0.15, 0.2) is 17.6 Å². The van der Waals surface area contributed by atoms with Gasteiger partial charge < -0.3 is 24.1 Å². The molecule has 0 bridgehead atoms. The summed E-state index contributed by atoms with van der Waals surface area (Å²) < 4.78 is 21.9. The highest BCUT2D eigenvalue weighted by molar-refractivity contribution is 5.84. The Labute approximate surface area is 195 Å². The summed E-state index contributed by atoms with van der Waals surface area (Å²) in [5.74, 6) is -1.67. The molecule has 0 saturated carbocycles. The standard InChI is InChI=1S/C26H34O7/c1-17(2)32-25(29)23(27)20(24(28)33-26(3,4)5)14-19-12-13-21(22(15-19)30-6)31-16-18-10-8-7-9-11-18/h7-13,15,17,20,23,27H,14,16H2,1-6H3/t20-,23-/m0/s1. The summed E-state index contributed by atoms with van der Waals surface area (Å²) in [5.41, 5.74) is 0.913. The Morgan fingerprint density at radius 1 is 0.939 bits per heavy atom. The van der Waals surface area contributed by atoms with Gasteiger partial charge in [-0.25, -0.2) is 4.79 Å². The molecule has 0 aliphatic heterocycles. The largest absolute Gasteiger partial charge is 0.493 e. The maximum Gasteiger partial charge on any atom is 0.336 e. The lowest BCUT2D eigenvalue weighted by Gasteiger charge is -2.26. The van der Waals surface area contributed by atoms with Gasteiger partial charge in [0, 0.05) is 0 Å². The maximum atomic E-state index is 12.8. The number of methoxy groups -OCH3 is 1. The molecule has 7 nitrogen and oxygen atoms in total. The number of ether oxygens (including phenoxy) is 4. The van der Waals surface area contributed by atoms with E-state index in [-0.39, 0.29) is 6.42 Å². The Morgan fingerprint density at radius 2 is 1.61 bits per heavy atom. The van der Waals surface area contributed by atoms with Crippen LogP contribution in [0.3, 0.4) is 0 Å². The van der Waals surface area contributed by atoms with Crippen molar-refractivity contribution in [2.24, 2.45) is 5.92 Å². The third-order valence-electron chi connectivity index (χ3n) is 4.60. The van der Waals surface area contributed by atoms with E-state index in [1.54, 1.807) is 52.8 Å². The van der Waals surface area contributed by atoms with Crippen LogP contribution in [0.1, 0.15) is 45.7 Å². The highest BCUT2D eigenvalue weighted by Gasteiger charge is 2.37. The number of carbonyl (C=O) groups is 2. The predicted octanol–water partition coefficient (Wildman–Crippen LogP) is 4.09. The van der Waals surface area contributed by atoms with Crippen LogP contribution in [0.15, 0.2) is 48.5 Å². The lowest BCUT2D eigenvalue weighted by Crippen LogP contribution is -2.41. The number of hydrogen-bond acceptors (Lipinski definition) is 7. The Morgan fingerprint density at radius 3 is 2.18 bits per heavy atom. The fourth-order valence-corrected chi connectivity index (χ4v) is 3.12. The van der Waals surface area contributed by atoms with E-state index < -0.39 is 35.7 Å². The molecule has 0 unspecified atom stereocenters. The Balaban J connectivity index is 2.22. The molecule has 2 aromatic rings. The summed E-state index contributed by atoms with van der Waals surface area (Å²) >= 11 is 0. The minimum atomic E-state index is -1.66. The topological polar surface area (TPSA) is 91.3 Å². The van der Waals surface area contributed by atoms with Gasteiger partial charge in [0.1, 0.15) is 12.2 Å². The molecule has 0 radical (unpaired) electrons. The molecule has 2 aromatic carbocycles. The van der Waals surface area contributed by atoms with E-state index >= 15 is 0 Å². The quantitative estimate of drug-likeness (QED) is 0.536. The Hall–Kier alpha value is -3.06. The zero-order valence-electron chi connectivity index (χ0n) is 20.2. The number of rotatable bonds is 10. The monoisotopic (exact) mass is 458 g/mol. The van der Waals surface area contributed by atoms with Crippen molar-refractivity contribution in [3.63, 3.8) is 0 Å². The molecule has 180 valence electrons. The van der Waals surface area contributed by atoms with Crippen LogP contribution in [-0.4, -0.2) is 42.0 Å². The molecule has 0 saturated heterocycles. The van der Waals surface area contributed by atoms with E-state index in [9.17, 15) is 14.7 Å². The molecule has 2 atom stereocenters. The summed E-state index contributed by atoms with van der Waals surface area (Å²) in [6.07, 6.45) is -2.03. The number of aliphatic hydroxyl groups is 1. The molecular formula is C26H34O7. The number of esters is 2.